The molecule has 0 bridgehead atoms. The second kappa shape index (κ2) is 5.09. The van der Waals surface area contributed by atoms with Crippen LogP contribution < -0.4 is 4.72 Å². The number of nitriles is 1. The lowest BCUT2D eigenvalue weighted by atomic mass is 10.4. The fourth-order valence-corrected chi connectivity index (χ4v) is 2.18. The number of nitrogens with zero attached hydrogens (tertiary/aromatic N) is 3. The summed E-state index contributed by atoms with van der Waals surface area (Å²) in [7, 11) is -3.75. The molecule has 1 unspecified atom stereocenters. The fourth-order valence-electron chi connectivity index (χ4n) is 0.962. The third-order valence-electron chi connectivity index (χ3n) is 1.76. The molecule has 8 heteroatoms. The van der Waals surface area contributed by atoms with Crippen molar-refractivity contribution in [3.05, 3.63) is 17.5 Å². The summed E-state index contributed by atoms with van der Waals surface area (Å²) in [6.07, 6.45) is 2.60. The lowest BCUT2D eigenvalue weighted by Gasteiger charge is -2.09. The van der Waals surface area contributed by atoms with Gasteiger partial charge in [-0.25, -0.2) is 18.4 Å². The predicted octanol–water partition coefficient (Wildman–Crippen LogP) is 1.17. The van der Waals surface area contributed by atoms with Gasteiger partial charge in [0.05, 0.1) is 18.5 Å². The second-order valence-corrected chi connectivity index (χ2v) is 5.15. The van der Waals surface area contributed by atoms with E-state index in [0.29, 0.717) is 0 Å². The van der Waals surface area contributed by atoms with E-state index in [0.717, 1.165) is 0 Å². The van der Waals surface area contributed by atoms with Crippen molar-refractivity contribution in [2.24, 2.45) is 0 Å². The summed E-state index contributed by atoms with van der Waals surface area (Å²) >= 11 is 5.50. The normalized spacial score (nSPS) is 12.8. The van der Waals surface area contributed by atoms with E-state index in [1.165, 1.54) is 12.4 Å². The van der Waals surface area contributed by atoms with Crippen LogP contribution >= 0.6 is 11.6 Å². The van der Waals surface area contributed by atoms with E-state index in [4.69, 9.17) is 16.9 Å². The third kappa shape index (κ3) is 3.05. The Hall–Kier alpha value is -1.39. The number of hydrogen-bond acceptors (Lipinski definition) is 5. The minimum Gasteiger partial charge on any atom is -0.265 e. The van der Waals surface area contributed by atoms with Crippen LogP contribution in [0.2, 0.25) is 5.15 Å². The maximum atomic E-state index is 11.6. The van der Waals surface area contributed by atoms with E-state index in [1.54, 1.807) is 13.0 Å². The van der Waals surface area contributed by atoms with Crippen LogP contribution in [-0.4, -0.2) is 23.6 Å². The fraction of sp³-hybridized carbons (Fsp3) is 0.375. The molecule has 0 radical (unpaired) electrons. The molecule has 0 aliphatic heterocycles. The molecule has 1 N–H and O–H groups in total. The van der Waals surface area contributed by atoms with Gasteiger partial charge in [0.2, 0.25) is 10.0 Å². The molecule has 0 aliphatic carbocycles. The number of aromatic nitrogens is 2. The molecule has 0 aromatic carbocycles. The van der Waals surface area contributed by atoms with Gasteiger partial charge in [0.1, 0.15) is 5.15 Å². The number of hydrogen-bond donors (Lipinski definition) is 1. The van der Waals surface area contributed by atoms with Gasteiger partial charge in [0.15, 0.2) is 11.1 Å². The molecule has 0 saturated carbocycles. The van der Waals surface area contributed by atoms with Crippen molar-refractivity contribution in [3.8, 4) is 6.07 Å². The van der Waals surface area contributed by atoms with Crippen molar-refractivity contribution in [2.45, 2.75) is 18.6 Å². The van der Waals surface area contributed by atoms with Gasteiger partial charge in [-0.15, -0.1) is 0 Å². The smallest absolute Gasteiger partial charge is 0.250 e. The predicted molar refractivity (Wildman–Crippen MR) is 59.3 cm³/mol. The van der Waals surface area contributed by atoms with E-state index >= 15 is 0 Å². The average molecular weight is 261 g/mol. The Labute approximate surface area is 98.3 Å². The molecule has 86 valence electrons. The number of sulfonamides is 1. The molecule has 16 heavy (non-hydrogen) atoms. The van der Waals surface area contributed by atoms with E-state index in [2.05, 4.69) is 14.7 Å². The number of rotatable bonds is 4. The van der Waals surface area contributed by atoms with Crippen LogP contribution in [0.5, 0.6) is 0 Å². The van der Waals surface area contributed by atoms with Gasteiger partial charge >= 0.3 is 0 Å². The Morgan fingerprint density at radius 2 is 2.25 bits per heavy atom. The Balaban J connectivity index is 2.89. The molecular formula is C8H9ClN4O2S. The van der Waals surface area contributed by atoms with Gasteiger partial charge < -0.3 is 0 Å². The topological polar surface area (TPSA) is 95.7 Å². The van der Waals surface area contributed by atoms with Gasteiger partial charge in [0, 0.05) is 0 Å². The van der Waals surface area contributed by atoms with Gasteiger partial charge in [-0.05, 0) is 6.42 Å². The first kappa shape index (κ1) is 12.7. The molecule has 1 atom stereocenters. The van der Waals surface area contributed by atoms with Crippen molar-refractivity contribution < 1.29 is 8.42 Å². The van der Waals surface area contributed by atoms with Crippen molar-refractivity contribution in [3.63, 3.8) is 0 Å². The minimum atomic E-state index is -3.75. The van der Waals surface area contributed by atoms with Crippen LogP contribution in [0.3, 0.4) is 0 Å². The summed E-state index contributed by atoms with van der Waals surface area (Å²) in [5.74, 6) is 0.0399. The lowest BCUT2D eigenvalue weighted by Crippen LogP contribution is -2.26. The Morgan fingerprint density at radius 1 is 1.56 bits per heavy atom. The summed E-state index contributed by atoms with van der Waals surface area (Å²) in [4.78, 5) is 7.39. The molecule has 6 nitrogen and oxygen atoms in total. The molecule has 0 aliphatic rings. The van der Waals surface area contributed by atoms with Gasteiger partial charge in [0.25, 0.3) is 0 Å². The summed E-state index contributed by atoms with van der Waals surface area (Å²) in [5, 5.41) is 7.71. The zero-order valence-electron chi connectivity index (χ0n) is 8.38. The van der Waals surface area contributed by atoms with Crippen LogP contribution in [0.15, 0.2) is 12.4 Å². The van der Waals surface area contributed by atoms with Crippen molar-refractivity contribution in [2.75, 3.05) is 4.72 Å². The highest BCUT2D eigenvalue weighted by molar-refractivity contribution is 7.93. The number of nitrogens with one attached hydrogen (secondary N) is 1. The zero-order chi connectivity index (χ0) is 12.2. The Bertz CT molecular complexity index is 494. The van der Waals surface area contributed by atoms with E-state index < -0.39 is 15.3 Å². The zero-order valence-corrected chi connectivity index (χ0v) is 9.96. The van der Waals surface area contributed by atoms with E-state index in [-0.39, 0.29) is 17.4 Å². The van der Waals surface area contributed by atoms with Crippen LogP contribution in [0.4, 0.5) is 5.82 Å². The molecule has 1 heterocycles. The molecule has 0 fully saturated rings. The average Bonchev–Trinajstić information content (AvgIpc) is 2.22. The standard InChI is InChI=1S/C8H9ClN4O2S/c1-2-6(3-10)16(14,15)13-8-5-11-7(9)4-12-8/h4-6H,2H2,1H3,(H,12,13). The molecule has 1 rings (SSSR count). The molecule has 1 aromatic heterocycles. The molecule has 0 saturated heterocycles. The molecule has 0 spiro atoms. The molecular weight excluding hydrogens is 252 g/mol. The van der Waals surface area contributed by atoms with Gasteiger partial charge in [-0.3, -0.25) is 4.72 Å². The highest BCUT2D eigenvalue weighted by atomic mass is 35.5. The maximum Gasteiger partial charge on any atom is 0.250 e. The van der Waals surface area contributed by atoms with Gasteiger partial charge in [-0.1, -0.05) is 18.5 Å². The highest BCUT2D eigenvalue weighted by Gasteiger charge is 2.23. The molecule has 0 amide bonds. The second-order valence-electron chi connectivity index (χ2n) is 2.90. The lowest BCUT2D eigenvalue weighted by molar-refractivity contribution is 0.592. The largest absolute Gasteiger partial charge is 0.265 e. The van der Waals surface area contributed by atoms with Gasteiger partial charge in [-0.2, -0.15) is 5.26 Å². The maximum absolute atomic E-state index is 11.6. The number of halogens is 1. The first-order valence-corrected chi connectivity index (χ1v) is 6.31. The van der Waals surface area contributed by atoms with E-state index in [9.17, 15) is 8.42 Å². The Morgan fingerprint density at radius 3 is 2.69 bits per heavy atom. The Kier molecular flexibility index (Phi) is 4.04. The summed E-state index contributed by atoms with van der Waals surface area (Å²) < 4.78 is 25.4. The third-order valence-corrected chi connectivity index (χ3v) is 3.63. The highest BCUT2D eigenvalue weighted by Crippen LogP contribution is 2.11. The first-order valence-electron chi connectivity index (χ1n) is 4.38. The van der Waals surface area contributed by atoms with Crippen LogP contribution in [0, 0.1) is 11.3 Å². The number of anilines is 1. The van der Waals surface area contributed by atoms with Crippen molar-refractivity contribution >= 4 is 27.4 Å². The first-order chi connectivity index (χ1) is 7.49. The SMILES string of the molecule is CCC(C#N)S(=O)(=O)Nc1cnc(Cl)cn1. The minimum absolute atomic E-state index is 0.0399. The van der Waals surface area contributed by atoms with Crippen LogP contribution in [-0.2, 0) is 10.0 Å². The van der Waals surface area contributed by atoms with Crippen molar-refractivity contribution in [1.82, 2.24) is 9.97 Å². The van der Waals surface area contributed by atoms with Crippen molar-refractivity contribution in [1.29, 1.82) is 5.26 Å². The summed E-state index contributed by atoms with van der Waals surface area (Å²) in [6.45, 7) is 1.61. The quantitative estimate of drug-likeness (QED) is 0.877. The molecule has 1 aromatic rings. The monoisotopic (exact) mass is 260 g/mol. The summed E-state index contributed by atoms with van der Waals surface area (Å²) in [6, 6.07) is 1.70. The van der Waals surface area contributed by atoms with E-state index in [1.807, 2.05) is 0 Å². The van der Waals surface area contributed by atoms with Crippen LogP contribution in [0.25, 0.3) is 0 Å². The van der Waals surface area contributed by atoms with Crippen LogP contribution in [0.1, 0.15) is 13.3 Å². The summed E-state index contributed by atoms with van der Waals surface area (Å²) in [5.41, 5.74) is 0.